The Bertz CT molecular complexity index is 282. The molecule has 0 aromatic rings. The van der Waals surface area contributed by atoms with Crippen molar-refractivity contribution in [3.63, 3.8) is 0 Å². The molecule has 104 valence electrons. The minimum atomic E-state index is 0.0792. The molecule has 2 aliphatic rings. The summed E-state index contributed by atoms with van der Waals surface area (Å²) in [5.41, 5.74) is 6.23. The highest BCUT2D eigenvalue weighted by Gasteiger charge is 2.36. The summed E-state index contributed by atoms with van der Waals surface area (Å²) in [7, 11) is 0. The van der Waals surface area contributed by atoms with Crippen LogP contribution < -0.4 is 5.73 Å². The molecule has 0 radical (unpaired) electrons. The molecular formula is C15H28N2O. The van der Waals surface area contributed by atoms with Crippen LogP contribution in [0.1, 0.15) is 65.2 Å². The first-order valence-corrected chi connectivity index (χ1v) is 7.69. The van der Waals surface area contributed by atoms with E-state index in [2.05, 4.69) is 18.7 Å². The predicted molar refractivity (Wildman–Crippen MR) is 74.2 cm³/mol. The number of rotatable bonds is 1. The van der Waals surface area contributed by atoms with E-state index >= 15 is 0 Å². The highest BCUT2D eigenvalue weighted by molar-refractivity contribution is 5.80. The molecule has 0 aromatic heterocycles. The summed E-state index contributed by atoms with van der Waals surface area (Å²) in [5.74, 6) is 0.416. The van der Waals surface area contributed by atoms with E-state index in [1.165, 1.54) is 25.7 Å². The van der Waals surface area contributed by atoms with Gasteiger partial charge in [-0.3, -0.25) is 4.79 Å². The van der Waals surface area contributed by atoms with Crippen LogP contribution in [-0.2, 0) is 4.79 Å². The first-order valence-electron chi connectivity index (χ1n) is 7.69. The van der Waals surface area contributed by atoms with Crippen LogP contribution >= 0.6 is 0 Å². The quantitative estimate of drug-likeness (QED) is 0.729. The fourth-order valence-corrected chi connectivity index (χ4v) is 3.69. The highest BCUT2D eigenvalue weighted by atomic mass is 16.2. The second-order valence-electron chi connectivity index (χ2n) is 6.28. The smallest absolute Gasteiger partial charge is 0.227 e. The fourth-order valence-electron chi connectivity index (χ4n) is 3.69. The number of nitrogens with zero attached hydrogens (tertiary/aromatic N) is 1. The average molecular weight is 252 g/mol. The van der Waals surface area contributed by atoms with E-state index in [1.807, 2.05) is 0 Å². The molecule has 3 heteroatoms. The van der Waals surface area contributed by atoms with E-state index in [9.17, 15) is 4.79 Å². The first kappa shape index (κ1) is 13.9. The van der Waals surface area contributed by atoms with E-state index in [0.717, 1.165) is 25.7 Å². The van der Waals surface area contributed by atoms with Crippen LogP contribution in [0.5, 0.6) is 0 Å². The zero-order valence-corrected chi connectivity index (χ0v) is 11.9. The molecule has 4 atom stereocenters. The lowest BCUT2D eigenvalue weighted by Crippen LogP contribution is -2.52. The number of hydrogen-bond acceptors (Lipinski definition) is 2. The van der Waals surface area contributed by atoms with Gasteiger partial charge >= 0.3 is 0 Å². The maximum absolute atomic E-state index is 12.8. The summed E-state index contributed by atoms with van der Waals surface area (Å²) in [6.45, 7) is 4.38. The lowest BCUT2D eigenvalue weighted by atomic mass is 9.90. The predicted octanol–water partition coefficient (Wildman–Crippen LogP) is 2.68. The van der Waals surface area contributed by atoms with Crippen LogP contribution in [0.4, 0.5) is 0 Å². The van der Waals surface area contributed by atoms with Crippen molar-refractivity contribution < 1.29 is 4.79 Å². The third kappa shape index (κ3) is 2.87. The minimum absolute atomic E-state index is 0.0792. The standard InChI is InChI=1S/C15H28N2O/c1-11-7-6-8-12(2)17(11)15(18)13-9-4-3-5-10-14(13)16/h11-14H,3-10,16H2,1-2H3. The molecule has 0 bridgehead atoms. The topological polar surface area (TPSA) is 46.3 Å². The van der Waals surface area contributed by atoms with Gasteiger partial charge in [-0.15, -0.1) is 0 Å². The molecule has 4 unspecified atom stereocenters. The Kier molecular flexibility index (Phi) is 4.66. The molecule has 1 aliphatic heterocycles. The van der Waals surface area contributed by atoms with Gasteiger partial charge < -0.3 is 10.6 Å². The molecule has 1 amide bonds. The van der Waals surface area contributed by atoms with E-state index < -0.39 is 0 Å². The number of amides is 1. The highest BCUT2D eigenvalue weighted by Crippen LogP contribution is 2.29. The molecule has 2 fully saturated rings. The van der Waals surface area contributed by atoms with E-state index in [-0.39, 0.29) is 12.0 Å². The second kappa shape index (κ2) is 6.05. The van der Waals surface area contributed by atoms with Gasteiger partial charge in [-0.1, -0.05) is 19.3 Å². The van der Waals surface area contributed by atoms with Gasteiger partial charge in [0.15, 0.2) is 0 Å². The molecule has 0 aromatic carbocycles. The first-order chi connectivity index (χ1) is 8.61. The monoisotopic (exact) mass is 252 g/mol. The summed E-state index contributed by atoms with van der Waals surface area (Å²) in [6, 6.07) is 0.884. The normalized spacial score (nSPS) is 38.3. The summed E-state index contributed by atoms with van der Waals surface area (Å²) < 4.78 is 0. The molecule has 0 spiro atoms. The summed E-state index contributed by atoms with van der Waals surface area (Å²) in [6.07, 6.45) is 9.17. The average Bonchev–Trinajstić information content (AvgIpc) is 2.53. The Morgan fingerprint density at radius 2 is 1.56 bits per heavy atom. The third-order valence-electron chi connectivity index (χ3n) is 4.83. The second-order valence-corrected chi connectivity index (χ2v) is 6.28. The van der Waals surface area contributed by atoms with Gasteiger partial charge in [-0.05, 0) is 46.0 Å². The molecule has 3 nitrogen and oxygen atoms in total. The molecular weight excluding hydrogens is 224 g/mol. The van der Waals surface area contributed by atoms with Gasteiger partial charge in [0, 0.05) is 18.1 Å². The maximum atomic E-state index is 12.8. The fraction of sp³-hybridized carbons (Fsp3) is 0.933. The van der Waals surface area contributed by atoms with Crippen LogP contribution in [-0.4, -0.2) is 28.9 Å². The number of carbonyl (C=O) groups excluding carboxylic acids is 1. The number of likely N-dealkylation sites (tertiary alicyclic amines) is 1. The van der Waals surface area contributed by atoms with Crippen molar-refractivity contribution >= 4 is 5.91 Å². The molecule has 18 heavy (non-hydrogen) atoms. The van der Waals surface area contributed by atoms with Crippen LogP contribution in [0.2, 0.25) is 0 Å². The van der Waals surface area contributed by atoms with Gasteiger partial charge in [-0.2, -0.15) is 0 Å². The molecule has 1 saturated carbocycles. The summed E-state index contributed by atoms with van der Waals surface area (Å²) >= 11 is 0. The van der Waals surface area contributed by atoms with Gasteiger partial charge in [0.05, 0.1) is 5.92 Å². The van der Waals surface area contributed by atoms with Crippen LogP contribution in [0.3, 0.4) is 0 Å². The Balaban J connectivity index is 2.08. The van der Waals surface area contributed by atoms with Crippen molar-refractivity contribution in [2.75, 3.05) is 0 Å². The Hall–Kier alpha value is -0.570. The molecule has 2 N–H and O–H groups in total. The van der Waals surface area contributed by atoms with Crippen LogP contribution in [0, 0.1) is 5.92 Å². The van der Waals surface area contributed by atoms with Gasteiger partial charge in [0.2, 0.25) is 5.91 Å². The van der Waals surface area contributed by atoms with E-state index in [0.29, 0.717) is 18.0 Å². The summed E-state index contributed by atoms with van der Waals surface area (Å²) in [4.78, 5) is 14.9. The van der Waals surface area contributed by atoms with Crippen LogP contribution in [0.25, 0.3) is 0 Å². The minimum Gasteiger partial charge on any atom is -0.337 e. The van der Waals surface area contributed by atoms with Gasteiger partial charge in [-0.25, -0.2) is 0 Å². The Morgan fingerprint density at radius 1 is 0.944 bits per heavy atom. The van der Waals surface area contributed by atoms with Crippen molar-refractivity contribution in [3.05, 3.63) is 0 Å². The van der Waals surface area contributed by atoms with Gasteiger partial charge in [0.1, 0.15) is 0 Å². The zero-order chi connectivity index (χ0) is 13.1. The Labute approximate surface area is 111 Å². The summed E-state index contributed by atoms with van der Waals surface area (Å²) in [5, 5.41) is 0. The Morgan fingerprint density at radius 3 is 2.22 bits per heavy atom. The number of nitrogens with two attached hydrogens (primary N) is 1. The number of carbonyl (C=O) groups is 1. The lowest BCUT2D eigenvalue weighted by Gasteiger charge is -2.41. The molecule has 2 rings (SSSR count). The van der Waals surface area contributed by atoms with E-state index in [1.54, 1.807) is 0 Å². The van der Waals surface area contributed by atoms with Crippen molar-refractivity contribution in [2.24, 2.45) is 11.7 Å². The third-order valence-corrected chi connectivity index (χ3v) is 4.83. The molecule has 1 heterocycles. The largest absolute Gasteiger partial charge is 0.337 e. The van der Waals surface area contributed by atoms with Crippen molar-refractivity contribution in [2.45, 2.75) is 83.3 Å². The number of piperidine rings is 1. The van der Waals surface area contributed by atoms with Crippen LogP contribution in [0.15, 0.2) is 0 Å². The van der Waals surface area contributed by atoms with Gasteiger partial charge in [0.25, 0.3) is 0 Å². The molecule has 1 aliphatic carbocycles. The molecule has 1 saturated heterocycles. The SMILES string of the molecule is CC1CCCC(C)N1C(=O)C1CCCCCC1N. The van der Waals surface area contributed by atoms with Crippen molar-refractivity contribution in [3.8, 4) is 0 Å². The lowest BCUT2D eigenvalue weighted by molar-refractivity contribution is -0.142. The van der Waals surface area contributed by atoms with E-state index in [4.69, 9.17) is 5.73 Å². The zero-order valence-electron chi connectivity index (χ0n) is 11.9. The maximum Gasteiger partial charge on any atom is 0.227 e. The van der Waals surface area contributed by atoms with Crippen molar-refractivity contribution in [1.29, 1.82) is 0 Å². The number of hydrogen-bond donors (Lipinski definition) is 1. The van der Waals surface area contributed by atoms with Crippen molar-refractivity contribution in [1.82, 2.24) is 4.90 Å².